The fraction of sp³-hybridized carbons (Fsp3) is 0.150. The fourth-order valence-electron chi connectivity index (χ4n) is 2.69. The molecule has 0 unspecified atom stereocenters. The van der Waals surface area contributed by atoms with Crippen LogP contribution in [0.15, 0.2) is 66.9 Å². The minimum absolute atomic E-state index is 0.0912. The van der Waals surface area contributed by atoms with Crippen LogP contribution in [0.5, 0.6) is 0 Å². The number of pyridine rings is 1. The maximum Gasteiger partial charge on any atom is 0.216 e. The van der Waals surface area contributed by atoms with Crippen molar-refractivity contribution in [2.24, 2.45) is 0 Å². The van der Waals surface area contributed by atoms with E-state index in [2.05, 4.69) is 9.71 Å². The van der Waals surface area contributed by atoms with E-state index in [1.165, 1.54) is 18.2 Å². The minimum atomic E-state index is -3.68. The van der Waals surface area contributed by atoms with Crippen LogP contribution in [-0.2, 0) is 22.3 Å². The molecule has 1 heterocycles. The van der Waals surface area contributed by atoms with Crippen LogP contribution in [0.4, 0.5) is 4.39 Å². The lowest BCUT2D eigenvalue weighted by molar-refractivity contribution is 0.574. The average Bonchev–Trinajstić information content (AvgIpc) is 2.62. The van der Waals surface area contributed by atoms with Crippen molar-refractivity contribution in [2.75, 3.05) is 0 Å². The van der Waals surface area contributed by atoms with Gasteiger partial charge < -0.3 is 0 Å². The molecule has 2 aromatic carbocycles. The molecular formula is C20H19FN2O2S. The zero-order valence-corrected chi connectivity index (χ0v) is 15.1. The molecule has 0 spiro atoms. The second-order valence-electron chi connectivity index (χ2n) is 6.05. The van der Waals surface area contributed by atoms with Gasteiger partial charge >= 0.3 is 0 Å². The summed E-state index contributed by atoms with van der Waals surface area (Å²) in [5.41, 5.74) is 3.65. The van der Waals surface area contributed by atoms with Crippen molar-refractivity contribution in [2.45, 2.75) is 19.2 Å². The van der Waals surface area contributed by atoms with Gasteiger partial charge in [0.05, 0.1) is 11.4 Å². The molecule has 0 saturated carbocycles. The van der Waals surface area contributed by atoms with E-state index >= 15 is 0 Å². The molecule has 0 aliphatic heterocycles. The Morgan fingerprint density at radius 2 is 1.77 bits per heavy atom. The molecule has 3 aromatic rings. The Labute approximate surface area is 152 Å². The summed E-state index contributed by atoms with van der Waals surface area (Å²) in [4.78, 5) is 4.39. The van der Waals surface area contributed by atoms with E-state index in [0.29, 0.717) is 0 Å². The number of hydrogen-bond acceptors (Lipinski definition) is 3. The van der Waals surface area contributed by atoms with Gasteiger partial charge in [-0.1, -0.05) is 48.0 Å². The summed E-state index contributed by atoms with van der Waals surface area (Å²) < 4.78 is 40.9. The fourth-order valence-corrected chi connectivity index (χ4v) is 3.81. The van der Waals surface area contributed by atoms with Crippen LogP contribution >= 0.6 is 0 Å². The Bertz CT molecular complexity index is 1020. The van der Waals surface area contributed by atoms with E-state index in [1.54, 1.807) is 18.3 Å². The normalized spacial score (nSPS) is 11.5. The van der Waals surface area contributed by atoms with E-state index in [0.717, 1.165) is 22.4 Å². The highest BCUT2D eigenvalue weighted by molar-refractivity contribution is 7.88. The molecule has 6 heteroatoms. The van der Waals surface area contributed by atoms with Gasteiger partial charge in [0, 0.05) is 23.9 Å². The Hall–Kier alpha value is -2.57. The Balaban J connectivity index is 1.79. The van der Waals surface area contributed by atoms with E-state index < -0.39 is 21.6 Å². The number of aromatic nitrogens is 1. The van der Waals surface area contributed by atoms with Crippen LogP contribution in [-0.4, -0.2) is 13.4 Å². The Morgan fingerprint density at radius 3 is 2.54 bits per heavy atom. The third-order valence-corrected chi connectivity index (χ3v) is 5.24. The lowest BCUT2D eigenvalue weighted by Gasteiger charge is -2.11. The number of hydrogen-bond donors (Lipinski definition) is 1. The first-order valence-corrected chi connectivity index (χ1v) is 9.81. The molecule has 1 aromatic heterocycles. The first kappa shape index (κ1) is 18.2. The topological polar surface area (TPSA) is 59.1 Å². The largest absolute Gasteiger partial charge is 0.256 e. The van der Waals surface area contributed by atoms with Crippen molar-refractivity contribution in [1.29, 1.82) is 0 Å². The molecule has 3 rings (SSSR count). The maximum atomic E-state index is 13.7. The number of aryl methyl sites for hydroxylation is 1. The lowest BCUT2D eigenvalue weighted by atomic mass is 10.0. The molecule has 4 nitrogen and oxygen atoms in total. The zero-order valence-electron chi connectivity index (χ0n) is 14.3. The van der Waals surface area contributed by atoms with E-state index in [-0.39, 0.29) is 12.1 Å². The van der Waals surface area contributed by atoms with Gasteiger partial charge in [-0.15, -0.1) is 0 Å². The van der Waals surface area contributed by atoms with Crippen molar-refractivity contribution < 1.29 is 12.8 Å². The molecule has 0 aliphatic carbocycles. The van der Waals surface area contributed by atoms with Gasteiger partial charge in [0.15, 0.2) is 0 Å². The molecule has 0 atom stereocenters. The van der Waals surface area contributed by atoms with Gasteiger partial charge in [0.25, 0.3) is 0 Å². The van der Waals surface area contributed by atoms with Crippen molar-refractivity contribution in [3.8, 4) is 11.3 Å². The highest BCUT2D eigenvalue weighted by Gasteiger charge is 2.15. The molecule has 26 heavy (non-hydrogen) atoms. The van der Waals surface area contributed by atoms with Crippen LogP contribution in [0.25, 0.3) is 11.3 Å². The molecule has 134 valence electrons. The average molecular weight is 370 g/mol. The summed E-state index contributed by atoms with van der Waals surface area (Å²) in [6.45, 7) is 2.08. The summed E-state index contributed by atoms with van der Waals surface area (Å²) >= 11 is 0. The molecule has 0 fully saturated rings. The smallest absolute Gasteiger partial charge is 0.216 e. The van der Waals surface area contributed by atoms with Crippen molar-refractivity contribution >= 4 is 10.0 Å². The summed E-state index contributed by atoms with van der Waals surface area (Å²) in [5, 5.41) is 0. The van der Waals surface area contributed by atoms with Gasteiger partial charge in [-0.25, -0.2) is 17.5 Å². The SMILES string of the molecule is Cc1cccc(-c2ncccc2CNS(=O)(=O)Cc2ccccc2F)c1. The predicted molar refractivity (Wildman–Crippen MR) is 100 cm³/mol. The van der Waals surface area contributed by atoms with Gasteiger partial charge in [-0.3, -0.25) is 4.98 Å². The number of halogens is 1. The van der Waals surface area contributed by atoms with Gasteiger partial charge in [-0.05, 0) is 30.7 Å². The molecule has 0 saturated heterocycles. The molecule has 0 bridgehead atoms. The van der Waals surface area contributed by atoms with Crippen molar-refractivity contribution in [3.63, 3.8) is 0 Å². The number of sulfonamides is 1. The number of nitrogens with zero attached hydrogens (tertiary/aromatic N) is 1. The monoisotopic (exact) mass is 370 g/mol. The van der Waals surface area contributed by atoms with Crippen LogP contribution in [0.1, 0.15) is 16.7 Å². The van der Waals surface area contributed by atoms with Gasteiger partial charge in [-0.2, -0.15) is 0 Å². The van der Waals surface area contributed by atoms with Gasteiger partial charge in [0.1, 0.15) is 5.82 Å². The molecular weight excluding hydrogens is 351 g/mol. The van der Waals surface area contributed by atoms with Crippen molar-refractivity contribution in [1.82, 2.24) is 9.71 Å². The zero-order chi connectivity index (χ0) is 18.6. The summed E-state index contributed by atoms with van der Waals surface area (Å²) in [5.74, 6) is -0.931. The van der Waals surface area contributed by atoms with Crippen LogP contribution in [0.3, 0.4) is 0 Å². The minimum Gasteiger partial charge on any atom is -0.256 e. The van der Waals surface area contributed by atoms with Crippen molar-refractivity contribution in [3.05, 3.63) is 89.4 Å². The van der Waals surface area contributed by atoms with E-state index in [1.807, 2.05) is 37.3 Å². The highest BCUT2D eigenvalue weighted by atomic mass is 32.2. The first-order valence-electron chi connectivity index (χ1n) is 8.16. The van der Waals surface area contributed by atoms with Crippen LogP contribution in [0, 0.1) is 12.7 Å². The Morgan fingerprint density at radius 1 is 1.00 bits per heavy atom. The standard InChI is InChI=1S/C20H19FN2O2S/c1-15-6-4-8-16(12-15)20-17(9-5-11-22-20)13-23-26(24,25)14-18-7-2-3-10-19(18)21/h2-12,23H,13-14H2,1H3. The summed E-state index contributed by atoms with van der Waals surface area (Å²) in [6, 6.07) is 17.3. The molecule has 0 aliphatic rings. The number of rotatable bonds is 6. The predicted octanol–water partition coefficient (Wildman–Crippen LogP) is 3.82. The first-order chi connectivity index (χ1) is 12.4. The summed E-state index contributed by atoms with van der Waals surface area (Å²) in [6.07, 6.45) is 1.68. The highest BCUT2D eigenvalue weighted by Crippen LogP contribution is 2.22. The molecule has 1 N–H and O–H groups in total. The second kappa shape index (κ2) is 7.76. The maximum absolute atomic E-state index is 13.7. The number of benzene rings is 2. The lowest BCUT2D eigenvalue weighted by Crippen LogP contribution is -2.25. The molecule has 0 radical (unpaired) electrons. The quantitative estimate of drug-likeness (QED) is 0.718. The van der Waals surface area contributed by atoms with E-state index in [9.17, 15) is 12.8 Å². The number of nitrogens with one attached hydrogen (secondary N) is 1. The Kier molecular flexibility index (Phi) is 5.44. The molecule has 0 amide bonds. The summed E-state index contributed by atoms with van der Waals surface area (Å²) in [7, 11) is -3.68. The second-order valence-corrected chi connectivity index (χ2v) is 7.86. The third-order valence-electron chi connectivity index (χ3n) is 3.97. The van der Waals surface area contributed by atoms with Gasteiger partial charge in [0.2, 0.25) is 10.0 Å². The van der Waals surface area contributed by atoms with E-state index in [4.69, 9.17) is 0 Å². The third kappa shape index (κ3) is 4.53. The van der Waals surface area contributed by atoms with Crippen LogP contribution in [0.2, 0.25) is 0 Å². The van der Waals surface area contributed by atoms with Crippen LogP contribution < -0.4 is 4.72 Å².